The van der Waals surface area contributed by atoms with Gasteiger partial charge < -0.3 is 5.73 Å². The molecule has 9 heavy (non-hydrogen) atoms. The van der Waals surface area contributed by atoms with Crippen LogP contribution in [0.5, 0.6) is 0 Å². The number of benzene rings is 1. The van der Waals surface area contributed by atoms with E-state index in [0.29, 0.717) is 10.7 Å². The van der Waals surface area contributed by atoms with Crippen molar-refractivity contribution in [1.82, 2.24) is 0 Å². The first-order valence-electron chi connectivity index (χ1n) is 2.33. The van der Waals surface area contributed by atoms with E-state index in [9.17, 15) is 0 Å². The van der Waals surface area contributed by atoms with Crippen LogP contribution in [0.15, 0.2) is 16.6 Å². The highest BCUT2D eigenvalue weighted by atomic mass is 79.9. The average Bonchev–Trinajstić information content (AvgIpc) is 1.83. The zero-order valence-corrected chi connectivity index (χ0v) is 6.83. The third-order valence-electron chi connectivity index (χ3n) is 0.915. The molecule has 3 heteroatoms. The van der Waals surface area contributed by atoms with Gasteiger partial charge in [0.1, 0.15) is 0 Å². The molecule has 0 amide bonds. The maximum Gasteiger partial charge on any atom is 0.0783 e. The first-order chi connectivity index (χ1) is 4.22. The summed E-state index contributed by atoms with van der Waals surface area (Å²) in [7, 11) is 0. The Labute approximate surface area is 66.9 Å². The third-order valence-corrected chi connectivity index (χ3v) is 2.21. The van der Waals surface area contributed by atoms with E-state index in [0.717, 1.165) is 4.47 Å². The summed E-state index contributed by atoms with van der Waals surface area (Å²) < 4.78 is 0.806. The predicted octanol–water partition coefficient (Wildman–Crippen LogP) is 2.48. The molecule has 0 aliphatic rings. The van der Waals surface area contributed by atoms with Gasteiger partial charge in [0.25, 0.3) is 0 Å². The van der Waals surface area contributed by atoms with E-state index < -0.39 is 0 Å². The summed E-state index contributed by atoms with van der Waals surface area (Å²) in [5.41, 5.74) is 5.88. The molecule has 0 saturated heterocycles. The van der Waals surface area contributed by atoms with Crippen molar-refractivity contribution in [3.63, 3.8) is 0 Å². The highest BCUT2D eigenvalue weighted by Crippen LogP contribution is 2.26. The molecule has 1 nitrogen and oxygen atoms in total. The summed E-state index contributed by atoms with van der Waals surface area (Å²) in [6.45, 7) is 0. The molecule has 0 aromatic heterocycles. The largest absolute Gasteiger partial charge is 0.397 e. The Morgan fingerprint density at radius 1 is 1.67 bits per heavy atom. The first kappa shape index (κ1) is 6.90. The van der Waals surface area contributed by atoms with Crippen molar-refractivity contribution in [2.45, 2.75) is 0 Å². The van der Waals surface area contributed by atoms with Crippen LogP contribution in [0.25, 0.3) is 0 Å². The van der Waals surface area contributed by atoms with Gasteiger partial charge in [-0.1, -0.05) is 17.7 Å². The molecule has 47 valence electrons. The van der Waals surface area contributed by atoms with Gasteiger partial charge in [0, 0.05) is 10.5 Å². The monoisotopic (exact) mass is 204 g/mol. The SMILES string of the molecule is Nc1[c]ccc(Br)c1Cl. The molecule has 1 aromatic carbocycles. The first-order valence-corrected chi connectivity index (χ1v) is 3.50. The van der Waals surface area contributed by atoms with Crippen LogP contribution in [0.3, 0.4) is 0 Å². The fraction of sp³-hybridized carbons (Fsp3) is 0. The van der Waals surface area contributed by atoms with E-state index in [1.54, 1.807) is 12.1 Å². The van der Waals surface area contributed by atoms with E-state index in [-0.39, 0.29) is 0 Å². The minimum Gasteiger partial charge on any atom is -0.397 e. The van der Waals surface area contributed by atoms with Gasteiger partial charge >= 0.3 is 0 Å². The van der Waals surface area contributed by atoms with Crippen LogP contribution in [0.2, 0.25) is 5.02 Å². The Kier molecular flexibility index (Phi) is 1.98. The van der Waals surface area contributed by atoms with Crippen LogP contribution in [-0.2, 0) is 0 Å². The fourth-order valence-electron chi connectivity index (χ4n) is 0.470. The minimum atomic E-state index is 0.478. The summed E-state index contributed by atoms with van der Waals surface area (Å²) in [5.74, 6) is 0. The van der Waals surface area contributed by atoms with E-state index in [4.69, 9.17) is 17.3 Å². The Balaban J connectivity index is 3.25. The zero-order valence-electron chi connectivity index (χ0n) is 4.49. The van der Waals surface area contributed by atoms with Crippen LogP contribution in [0.4, 0.5) is 5.69 Å². The number of rotatable bonds is 0. The Hall–Kier alpha value is -0.210. The minimum absolute atomic E-state index is 0.478. The van der Waals surface area contributed by atoms with Crippen LogP contribution < -0.4 is 5.73 Å². The lowest BCUT2D eigenvalue weighted by atomic mass is 10.3. The van der Waals surface area contributed by atoms with Crippen molar-refractivity contribution in [2.24, 2.45) is 0 Å². The highest BCUT2D eigenvalue weighted by Gasteiger charge is 1.97. The molecule has 1 aromatic rings. The maximum absolute atomic E-state index is 5.67. The predicted molar refractivity (Wildman–Crippen MR) is 42.4 cm³/mol. The van der Waals surface area contributed by atoms with E-state index in [1.807, 2.05) is 0 Å². The highest BCUT2D eigenvalue weighted by molar-refractivity contribution is 9.10. The fourth-order valence-corrected chi connectivity index (χ4v) is 0.933. The Morgan fingerprint density at radius 2 is 2.33 bits per heavy atom. The molecule has 0 fully saturated rings. The van der Waals surface area contributed by atoms with Gasteiger partial charge in [0.15, 0.2) is 0 Å². The van der Waals surface area contributed by atoms with Crippen LogP contribution in [0, 0.1) is 6.07 Å². The van der Waals surface area contributed by atoms with E-state index in [1.165, 1.54) is 0 Å². The van der Waals surface area contributed by atoms with Gasteiger partial charge in [-0.3, -0.25) is 0 Å². The van der Waals surface area contributed by atoms with Crippen molar-refractivity contribution < 1.29 is 0 Å². The molecule has 0 heterocycles. The quantitative estimate of drug-likeness (QED) is 0.647. The number of nitrogen functional groups attached to an aromatic ring is 1. The number of halogens is 2. The number of hydrogen-bond donors (Lipinski definition) is 1. The van der Waals surface area contributed by atoms with Crippen molar-refractivity contribution in [3.05, 3.63) is 27.7 Å². The van der Waals surface area contributed by atoms with Crippen LogP contribution in [-0.4, -0.2) is 0 Å². The second-order valence-electron chi connectivity index (χ2n) is 1.55. The van der Waals surface area contributed by atoms with Gasteiger partial charge in [-0.15, -0.1) is 0 Å². The second kappa shape index (κ2) is 2.58. The molecule has 1 rings (SSSR count). The Morgan fingerprint density at radius 3 is 2.78 bits per heavy atom. The van der Waals surface area contributed by atoms with Gasteiger partial charge in [0.2, 0.25) is 0 Å². The number of hydrogen-bond acceptors (Lipinski definition) is 1. The van der Waals surface area contributed by atoms with Crippen LogP contribution in [0.1, 0.15) is 0 Å². The molecule has 0 bridgehead atoms. The van der Waals surface area contributed by atoms with Crippen molar-refractivity contribution in [3.8, 4) is 0 Å². The second-order valence-corrected chi connectivity index (χ2v) is 2.79. The Bertz CT molecular complexity index is 204. The van der Waals surface area contributed by atoms with Gasteiger partial charge in [-0.25, -0.2) is 0 Å². The van der Waals surface area contributed by atoms with Crippen LogP contribution >= 0.6 is 27.5 Å². The summed E-state index contributed by atoms with van der Waals surface area (Å²) >= 11 is 8.89. The smallest absolute Gasteiger partial charge is 0.0783 e. The lowest BCUT2D eigenvalue weighted by Crippen LogP contribution is -1.85. The molecule has 0 spiro atoms. The molecule has 0 aliphatic carbocycles. The molecule has 0 unspecified atom stereocenters. The third kappa shape index (κ3) is 1.37. The van der Waals surface area contributed by atoms with Gasteiger partial charge in [0.05, 0.1) is 10.7 Å². The van der Waals surface area contributed by atoms with Crippen molar-refractivity contribution in [2.75, 3.05) is 5.73 Å². The normalized spacial score (nSPS) is 9.56. The molecule has 1 radical (unpaired) electrons. The maximum atomic E-state index is 5.67. The summed E-state index contributed by atoms with van der Waals surface area (Å²) in [5, 5.41) is 0.525. The zero-order chi connectivity index (χ0) is 6.85. The summed E-state index contributed by atoms with van der Waals surface area (Å²) in [6, 6.07) is 6.26. The number of nitrogens with two attached hydrogens (primary N) is 1. The van der Waals surface area contributed by atoms with Gasteiger partial charge in [-0.05, 0) is 22.0 Å². The van der Waals surface area contributed by atoms with Crippen molar-refractivity contribution in [1.29, 1.82) is 0 Å². The molecular formula is C6H4BrClN. The lowest BCUT2D eigenvalue weighted by molar-refractivity contribution is 1.62. The molecule has 0 atom stereocenters. The topological polar surface area (TPSA) is 26.0 Å². The summed E-state index contributed by atoms with van der Waals surface area (Å²) in [4.78, 5) is 0. The molecule has 2 N–H and O–H groups in total. The molecule has 0 aliphatic heterocycles. The van der Waals surface area contributed by atoms with E-state index >= 15 is 0 Å². The molecular weight excluding hydrogens is 201 g/mol. The van der Waals surface area contributed by atoms with E-state index in [2.05, 4.69) is 22.0 Å². The standard InChI is InChI=1S/C6H4BrClN/c7-4-2-1-3-5(9)6(4)8/h1-2H,9H2. The van der Waals surface area contributed by atoms with Crippen molar-refractivity contribution >= 4 is 33.2 Å². The number of anilines is 1. The average molecular weight is 205 g/mol. The molecule has 0 saturated carbocycles. The lowest BCUT2D eigenvalue weighted by Gasteiger charge is -1.96. The summed E-state index contributed by atoms with van der Waals surface area (Å²) in [6.07, 6.45) is 0. The van der Waals surface area contributed by atoms with Gasteiger partial charge in [-0.2, -0.15) is 0 Å².